The van der Waals surface area contributed by atoms with Crippen molar-refractivity contribution in [3.63, 3.8) is 0 Å². The molecule has 0 radical (unpaired) electrons. The maximum atomic E-state index is 12.9. The predicted octanol–water partition coefficient (Wildman–Crippen LogP) is 3.26. The molecule has 0 fully saturated rings. The Balaban J connectivity index is 2.03. The highest BCUT2D eigenvalue weighted by atomic mass is 16.5. The van der Waals surface area contributed by atoms with E-state index < -0.39 is 17.9 Å². The smallest absolute Gasteiger partial charge is 0.303 e. The van der Waals surface area contributed by atoms with Crippen LogP contribution in [0.5, 0.6) is 23.0 Å². The molecule has 0 spiro atoms. The number of rotatable bonds is 9. The van der Waals surface area contributed by atoms with Gasteiger partial charge in [-0.05, 0) is 24.3 Å². The number of hydrogen-bond acceptors (Lipinski definition) is 7. The van der Waals surface area contributed by atoms with E-state index in [9.17, 15) is 9.59 Å². The fourth-order valence-electron chi connectivity index (χ4n) is 3.68. The molecule has 0 aliphatic carbocycles. The van der Waals surface area contributed by atoms with E-state index >= 15 is 0 Å². The van der Waals surface area contributed by atoms with Gasteiger partial charge in [-0.2, -0.15) is 5.10 Å². The second kappa shape index (κ2) is 10.0. The number of ether oxygens (including phenoxy) is 4. The summed E-state index contributed by atoms with van der Waals surface area (Å²) in [5.74, 6) is 0.714. The minimum absolute atomic E-state index is 0.166. The first-order chi connectivity index (χ1) is 15.4. The van der Waals surface area contributed by atoms with Crippen LogP contribution >= 0.6 is 0 Å². The van der Waals surface area contributed by atoms with E-state index in [1.165, 1.54) is 19.2 Å². The third-order valence-electron chi connectivity index (χ3n) is 5.23. The molecule has 1 heterocycles. The fourth-order valence-corrected chi connectivity index (χ4v) is 3.68. The van der Waals surface area contributed by atoms with E-state index in [0.717, 1.165) is 11.1 Å². The van der Waals surface area contributed by atoms with Crippen molar-refractivity contribution in [3.05, 3.63) is 47.5 Å². The van der Waals surface area contributed by atoms with Gasteiger partial charge < -0.3 is 24.1 Å². The molecule has 32 heavy (non-hydrogen) atoms. The average Bonchev–Trinajstić information content (AvgIpc) is 3.26. The summed E-state index contributed by atoms with van der Waals surface area (Å²) in [6, 6.07) is 10.3. The van der Waals surface area contributed by atoms with Crippen molar-refractivity contribution in [2.75, 3.05) is 28.4 Å². The van der Waals surface area contributed by atoms with E-state index in [1.54, 1.807) is 32.4 Å². The van der Waals surface area contributed by atoms with Crippen LogP contribution in [0, 0.1) is 0 Å². The van der Waals surface area contributed by atoms with Gasteiger partial charge in [0.2, 0.25) is 5.91 Å². The van der Waals surface area contributed by atoms with Crippen molar-refractivity contribution in [3.8, 4) is 23.0 Å². The Labute approximate surface area is 186 Å². The number of carboxylic acids is 1. The Bertz CT molecular complexity index is 1040. The Hall–Kier alpha value is -3.75. The number of amides is 1. The summed E-state index contributed by atoms with van der Waals surface area (Å²) in [4.78, 5) is 23.9. The number of aliphatic carboxylic acids is 1. The van der Waals surface area contributed by atoms with Crippen LogP contribution in [0.3, 0.4) is 0 Å². The Morgan fingerprint density at radius 3 is 2.31 bits per heavy atom. The number of carboxylic acid groups (broad SMARTS) is 1. The van der Waals surface area contributed by atoms with E-state index in [2.05, 4.69) is 5.10 Å². The van der Waals surface area contributed by atoms with Gasteiger partial charge >= 0.3 is 5.97 Å². The van der Waals surface area contributed by atoms with Gasteiger partial charge in [-0.1, -0.05) is 12.1 Å². The average molecular weight is 442 g/mol. The molecule has 1 atom stereocenters. The maximum Gasteiger partial charge on any atom is 0.303 e. The molecule has 9 nitrogen and oxygen atoms in total. The number of carbonyl (C=O) groups excluding carboxylic acids is 1. The van der Waals surface area contributed by atoms with Crippen molar-refractivity contribution in [2.45, 2.75) is 25.3 Å². The molecular formula is C23H26N2O7. The first-order valence-corrected chi connectivity index (χ1v) is 9.98. The zero-order valence-corrected chi connectivity index (χ0v) is 18.5. The van der Waals surface area contributed by atoms with E-state index in [4.69, 9.17) is 24.1 Å². The lowest BCUT2D eigenvalue weighted by Gasteiger charge is -2.24. The molecule has 0 unspecified atom stereocenters. The predicted molar refractivity (Wildman–Crippen MR) is 117 cm³/mol. The van der Waals surface area contributed by atoms with Crippen LogP contribution in [0.2, 0.25) is 0 Å². The summed E-state index contributed by atoms with van der Waals surface area (Å²) in [5, 5.41) is 14.9. The molecule has 9 heteroatoms. The van der Waals surface area contributed by atoms with Crippen LogP contribution in [0.1, 0.15) is 36.4 Å². The third-order valence-corrected chi connectivity index (χ3v) is 5.23. The molecule has 0 aromatic heterocycles. The number of nitrogens with zero attached hydrogens (tertiary/aromatic N) is 2. The second-order valence-electron chi connectivity index (χ2n) is 7.05. The number of hydrazone groups is 1. The molecule has 170 valence electrons. The topological polar surface area (TPSA) is 107 Å². The van der Waals surface area contributed by atoms with Gasteiger partial charge in [0, 0.05) is 24.0 Å². The van der Waals surface area contributed by atoms with Gasteiger partial charge in [0.15, 0.2) is 23.0 Å². The summed E-state index contributed by atoms with van der Waals surface area (Å²) in [7, 11) is 6.17. The third kappa shape index (κ3) is 4.61. The second-order valence-corrected chi connectivity index (χ2v) is 7.05. The van der Waals surface area contributed by atoms with Crippen molar-refractivity contribution >= 4 is 17.6 Å². The van der Waals surface area contributed by atoms with Crippen LogP contribution in [0.15, 0.2) is 41.5 Å². The molecule has 2 aromatic carbocycles. The molecule has 1 N–H and O–H groups in total. The number of para-hydroxylation sites is 1. The normalized spacial score (nSPS) is 15.2. The Morgan fingerprint density at radius 1 is 0.969 bits per heavy atom. The van der Waals surface area contributed by atoms with Gasteiger partial charge in [0.05, 0.1) is 46.6 Å². The zero-order chi connectivity index (χ0) is 23.3. The fraction of sp³-hybridized carbons (Fsp3) is 0.348. The monoisotopic (exact) mass is 442 g/mol. The molecular weight excluding hydrogens is 416 g/mol. The van der Waals surface area contributed by atoms with E-state index in [0.29, 0.717) is 35.1 Å². The summed E-state index contributed by atoms with van der Waals surface area (Å²) in [6.45, 7) is 0. The molecule has 1 aliphatic rings. The highest BCUT2D eigenvalue weighted by molar-refractivity contribution is 6.03. The van der Waals surface area contributed by atoms with Crippen LogP contribution in [-0.4, -0.2) is 56.1 Å². The standard InChI is InChI=1S/C23H26N2O7/c1-29-18-9-8-14(12-20(18)31-3)16-13-17(25(24-16)21(26)10-11-22(27)28)15-6-5-7-19(30-2)23(15)32-4/h5-9,12,17H,10-11,13H2,1-4H3,(H,27,28)/t17-/m1/s1. The summed E-state index contributed by atoms with van der Waals surface area (Å²) in [6.07, 6.45) is -0.0445. The molecule has 0 bridgehead atoms. The van der Waals surface area contributed by atoms with Crippen LogP contribution in [-0.2, 0) is 9.59 Å². The molecule has 3 rings (SSSR count). The molecule has 2 aromatic rings. The van der Waals surface area contributed by atoms with Crippen LogP contribution in [0.4, 0.5) is 0 Å². The number of hydrogen-bond donors (Lipinski definition) is 1. The van der Waals surface area contributed by atoms with Gasteiger partial charge in [-0.15, -0.1) is 0 Å². The van der Waals surface area contributed by atoms with Crippen LogP contribution < -0.4 is 18.9 Å². The molecule has 1 aliphatic heterocycles. The highest BCUT2D eigenvalue weighted by Crippen LogP contribution is 2.42. The van der Waals surface area contributed by atoms with Crippen LogP contribution in [0.25, 0.3) is 0 Å². The molecule has 0 saturated heterocycles. The lowest BCUT2D eigenvalue weighted by molar-refractivity contribution is -0.141. The van der Waals surface area contributed by atoms with Crippen molar-refractivity contribution < 1.29 is 33.6 Å². The summed E-state index contributed by atoms with van der Waals surface area (Å²) >= 11 is 0. The van der Waals surface area contributed by atoms with E-state index in [-0.39, 0.29) is 12.8 Å². The lowest BCUT2D eigenvalue weighted by Crippen LogP contribution is -2.27. The molecule has 1 amide bonds. The van der Waals surface area contributed by atoms with Gasteiger partial charge in [-0.25, -0.2) is 5.01 Å². The molecule has 0 saturated carbocycles. The van der Waals surface area contributed by atoms with E-state index in [1.807, 2.05) is 18.2 Å². The van der Waals surface area contributed by atoms with Gasteiger partial charge in [0.1, 0.15) is 0 Å². The van der Waals surface area contributed by atoms with Gasteiger partial charge in [-0.3, -0.25) is 9.59 Å². The summed E-state index contributed by atoms with van der Waals surface area (Å²) < 4.78 is 21.7. The van der Waals surface area contributed by atoms with Crippen molar-refractivity contribution in [1.82, 2.24) is 5.01 Å². The number of methoxy groups -OCH3 is 4. The first-order valence-electron chi connectivity index (χ1n) is 9.98. The van der Waals surface area contributed by atoms with Crippen molar-refractivity contribution in [2.24, 2.45) is 5.10 Å². The zero-order valence-electron chi connectivity index (χ0n) is 18.5. The largest absolute Gasteiger partial charge is 0.493 e. The maximum absolute atomic E-state index is 12.9. The first kappa shape index (κ1) is 22.9. The van der Waals surface area contributed by atoms with Gasteiger partial charge in [0.25, 0.3) is 0 Å². The number of carbonyl (C=O) groups is 2. The quantitative estimate of drug-likeness (QED) is 0.635. The Kier molecular flexibility index (Phi) is 7.19. The minimum atomic E-state index is -1.04. The summed E-state index contributed by atoms with van der Waals surface area (Å²) in [5.41, 5.74) is 2.14. The number of benzene rings is 2. The SMILES string of the molecule is COc1ccc(C2=NN(C(=O)CCC(=O)O)[C@@H](c3cccc(OC)c3OC)C2)cc1OC. The van der Waals surface area contributed by atoms with Crippen molar-refractivity contribution in [1.29, 1.82) is 0 Å². The lowest BCUT2D eigenvalue weighted by atomic mass is 9.97. The minimum Gasteiger partial charge on any atom is -0.493 e. The highest BCUT2D eigenvalue weighted by Gasteiger charge is 2.35. The Morgan fingerprint density at radius 2 is 1.69 bits per heavy atom.